The molecule has 1 heterocycles. The molecule has 0 saturated carbocycles. The number of nitrogens with one attached hydrogen (secondary N) is 3. The Balaban J connectivity index is 1.89. The molecule has 1 aromatic carbocycles. The number of rotatable bonds is 7. The van der Waals surface area contributed by atoms with Gasteiger partial charge in [-0.2, -0.15) is 0 Å². The minimum absolute atomic E-state index is 0.0705. The summed E-state index contributed by atoms with van der Waals surface area (Å²) in [6, 6.07) is 9.27. The Morgan fingerprint density at radius 3 is 2.71 bits per heavy atom. The van der Waals surface area contributed by atoms with E-state index in [9.17, 15) is 9.59 Å². The van der Waals surface area contributed by atoms with Crippen LogP contribution < -0.4 is 16.0 Å². The fourth-order valence-corrected chi connectivity index (χ4v) is 3.05. The van der Waals surface area contributed by atoms with E-state index >= 15 is 0 Å². The number of piperidine rings is 1. The maximum Gasteiger partial charge on any atom is 0.242 e. The zero-order valence-electron chi connectivity index (χ0n) is 14.7. The predicted molar refractivity (Wildman–Crippen MR) is 95.6 cm³/mol. The van der Waals surface area contributed by atoms with Crippen LogP contribution in [0.4, 0.5) is 0 Å². The summed E-state index contributed by atoms with van der Waals surface area (Å²) in [7, 11) is 0. The maximum absolute atomic E-state index is 12.6. The highest BCUT2D eigenvalue weighted by Gasteiger charge is 2.26. The molecule has 0 aromatic heterocycles. The molecule has 1 aliphatic heterocycles. The molecule has 0 radical (unpaired) electrons. The predicted octanol–water partition coefficient (Wildman–Crippen LogP) is 1.63. The lowest BCUT2D eigenvalue weighted by atomic mass is 9.94. The Morgan fingerprint density at radius 1 is 1.29 bits per heavy atom. The minimum atomic E-state index is -0.458. The molecule has 1 saturated heterocycles. The standard InChI is InChI=1S/C19H29N3O2/c1-3-7-16(19(24)22-17-13-20-11-10-14(17)2)21-18(23)12-15-8-5-4-6-9-15/h4-6,8-9,14,16-17,20H,3,7,10-13H2,1-2H3,(H,21,23)(H,22,24). The molecule has 132 valence electrons. The summed E-state index contributed by atoms with van der Waals surface area (Å²) in [5, 5.41) is 9.32. The normalized spacial score (nSPS) is 21.8. The molecule has 5 heteroatoms. The summed E-state index contributed by atoms with van der Waals surface area (Å²) < 4.78 is 0. The van der Waals surface area contributed by atoms with Crippen molar-refractivity contribution in [2.75, 3.05) is 13.1 Å². The summed E-state index contributed by atoms with van der Waals surface area (Å²) in [6.45, 7) is 5.98. The van der Waals surface area contributed by atoms with Gasteiger partial charge >= 0.3 is 0 Å². The number of hydrogen-bond donors (Lipinski definition) is 3. The highest BCUT2D eigenvalue weighted by molar-refractivity contribution is 5.88. The average molecular weight is 331 g/mol. The Labute approximate surface area is 144 Å². The van der Waals surface area contributed by atoms with Gasteiger partial charge in [0.2, 0.25) is 11.8 Å². The largest absolute Gasteiger partial charge is 0.350 e. The summed E-state index contributed by atoms with van der Waals surface area (Å²) in [6.07, 6.45) is 2.86. The molecular weight excluding hydrogens is 302 g/mol. The van der Waals surface area contributed by atoms with E-state index in [1.54, 1.807) is 0 Å². The molecule has 0 bridgehead atoms. The van der Waals surface area contributed by atoms with Crippen molar-refractivity contribution >= 4 is 11.8 Å². The second kappa shape index (κ2) is 9.42. The Kier molecular flexibility index (Phi) is 7.25. The lowest BCUT2D eigenvalue weighted by Crippen LogP contribution is -2.55. The Hall–Kier alpha value is -1.88. The maximum atomic E-state index is 12.6. The van der Waals surface area contributed by atoms with E-state index in [2.05, 4.69) is 22.9 Å². The molecule has 5 nitrogen and oxygen atoms in total. The lowest BCUT2D eigenvalue weighted by molar-refractivity contribution is -0.129. The van der Waals surface area contributed by atoms with Gasteiger partial charge in [0.05, 0.1) is 6.42 Å². The number of carbonyl (C=O) groups excluding carboxylic acids is 2. The Morgan fingerprint density at radius 2 is 2.04 bits per heavy atom. The van der Waals surface area contributed by atoms with E-state index in [4.69, 9.17) is 0 Å². The van der Waals surface area contributed by atoms with Gasteiger partial charge in [-0.05, 0) is 30.9 Å². The topological polar surface area (TPSA) is 70.2 Å². The number of carbonyl (C=O) groups is 2. The zero-order valence-corrected chi connectivity index (χ0v) is 14.7. The number of amides is 2. The van der Waals surface area contributed by atoms with Crippen molar-refractivity contribution in [3.63, 3.8) is 0 Å². The second-order valence-corrected chi connectivity index (χ2v) is 6.66. The summed E-state index contributed by atoms with van der Waals surface area (Å²) in [5.74, 6) is 0.279. The molecule has 2 amide bonds. The number of benzene rings is 1. The second-order valence-electron chi connectivity index (χ2n) is 6.66. The SMILES string of the molecule is CCCC(NC(=O)Cc1ccccc1)C(=O)NC1CNCCC1C. The molecule has 0 aliphatic carbocycles. The monoisotopic (exact) mass is 331 g/mol. The lowest BCUT2D eigenvalue weighted by Gasteiger charge is -2.31. The van der Waals surface area contributed by atoms with Gasteiger partial charge in [0.15, 0.2) is 0 Å². The van der Waals surface area contributed by atoms with Crippen molar-refractivity contribution in [1.82, 2.24) is 16.0 Å². The van der Waals surface area contributed by atoms with Crippen LogP contribution in [0.2, 0.25) is 0 Å². The summed E-state index contributed by atoms with van der Waals surface area (Å²) in [4.78, 5) is 24.8. The van der Waals surface area contributed by atoms with Gasteiger partial charge < -0.3 is 16.0 Å². The molecule has 1 aromatic rings. The zero-order chi connectivity index (χ0) is 17.4. The molecule has 1 aliphatic rings. The van der Waals surface area contributed by atoms with Crippen molar-refractivity contribution in [2.24, 2.45) is 5.92 Å². The Bertz CT molecular complexity index is 533. The van der Waals surface area contributed by atoms with E-state index in [0.29, 0.717) is 18.8 Å². The van der Waals surface area contributed by atoms with Gasteiger partial charge in [-0.1, -0.05) is 50.6 Å². The van der Waals surface area contributed by atoms with Crippen LogP contribution in [0.3, 0.4) is 0 Å². The van der Waals surface area contributed by atoms with E-state index in [1.807, 2.05) is 37.3 Å². The molecule has 3 N–H and O–H groups in total. The van der Waals surface area contributed by atoms with Gasteiger partial charge in [0, 0.05) is 12.6 Å². The van der Waals surface area contributed by atoms with Crippen LogP contribution >= 0.6 is 0 Å². The van der Waals surface area contributed by atoms with Gasteiger partial charge in [-0.15, -0.1) is 0 Å². The third kappa shape index (κ3) is 5.64. The summed E-state index contributed by atoms with van der Waals surface area (Å²) >= 11 is 0. The van der Waals surface area contributed by atoms with Crippen LogP contribution in [0.25, 0.3) is 0 Å². The average Bonchev–Trinajstić information content (AvgIpc) is 2.57. The molecule has 1 fully saturated rings. The van der Waals surface area contributed by atoms with Crippen molar-refractivity contribution in [3.8, 4) is 0 Å². The van der Waals surface area contributed by atoms with E-state index in [0.717, 1.165) is 31.5 Å². The van der Waals surface area contributed by atoms with Crippen molar-refractivity contribution in [2.45, 2.75) is 51.6 Å². The fourth-order valence-electron chi connectivity index (χ4n) is 3.05. The highest BCUT2D eigenvalue weighted by atomic mass is 16.2. The quantitative estimate of drug-likeness (QED) is 0.711. The fraction of sp³-hybridized carbons (Fsp3) is 0.579. The first-order chi connectivity index (χ1) is 11.6. The summed E-state index contributed by atoms with van der Waals surface area (Å²) in [5.41, 5.74) is 0.954. The van der Waals surface area contributed by atoms with E-state index in [1.165, 1.54) is 0 Å². The molecule has 3 atom stereocenters. The first kappa shape index (κ1) is 18.5. The molecule has 2 rings (SSSR count). The van der Waals surface area contributed by atoms with Crippen LogP contribution in [0.15, 0.2) is 30.3 Å². The van der Waals surface area contributed by atoms with Gasteiger partial charge in [-0.25, -0.2) is 0 Å². The highest BCUT2D eigenvalue weighted by Crippen LogP contribution is 2.12. The van der Waals surface area contributed by atoms with E-state index < -0.39 is 6.04 Å². The molecular formula is C19H29N3O2. The van der Waals surface area contributed by atoms with E-state index in [-0.39, 0.29) is 17.9 Å². The van der Waals surface area contributed by atoms with Crippen LogP contribution in [0.5, 0.6) is 0 Å². The van der Waals surface area contributed by atoms with Crippen molar-refractivity contribution < 1.29 is 9.59 Å². The third-order valence-electron chi connectivity index (χ3n) is 4.59. The first-order valence-electron chi connectivity index (χ1n) is 8.94. The van der Waals surface area contributed by atoms with Crippen LogP contribution in [0, 0.1) is 5.92 Å². The molecule has 0 spiro atoms. The smallest absolute Gasteiger partial charge is 0.242 e. The van der Waals surface area contributed by atoms with Crippen LogP contribution in [0.1, 0.15) is 38.7 Å². The number of hydrogen-bond acceptors (Lipinski definition) is 3. The van der Waals surface area contributed by atoms with Crippen LogP contribution in [-0.2, 0) is 16.0 Å². The first-order valence-corrected chi connectivity index (χ1v) is 8.94. The third-order valence-corrected chi connectivity index (χ3v) is 4.59. The van der Waals surface area contributed by atoms with Crippen molar-refractivity contribution in [1.29, 1.82) is 0 Å². The molecule has 24 heavy (non-hydrogen) atoms. The molecule has 3 unspecified atom stereocenters. The minimum Gasteiger partial charge on any atom is -0.350 e. The van der Waals surface area contributed by atoms with Crippen LogP contribution in [-0.4, -0.2) is 37.0 Å². The van der Waals surface area contributed by atoms with Crippen molar-refractivity contribution in [3.05, 3.63) is 35.9 Å². The van der Waals surface area contributed by atoms with Gasteiger partial charge in [-0.3, -0.25) is 9.59 Å². The van der Waals surface area contributed by atoms with Gasteiger partial charge in [0.25, 0.3) is 0 Å². The van der Waals surface area contributed by atoms with Gasteiger partial charge in [0.1, 0.15) is 6.04 Å².